The van der Waals surface area contributed by atoms with Crippen molar-refractivity contribution in [1.82, 2.24) is 0 Å². The van der Waals surface area contributed by atoms with E-state index in [0.29, 0.717) is 5.56 Å². The van der Waals surface area contributed by atoms with Crippen molar-refractivity contribution >= 4 is 29.0 Å². The van der Waals surface area contributed by atoms with Crippen molar-refractivity contribution in [2.75, 3.05) is 6.61 Å². The van der Waals surface area contributed by atoms with Gasteiger partial charge in [0.15, 0.2) is 6.61 Å². The minimum absolute atomic E-state index is 0.161. The van der Waals surface area contributed by atoms with E-state index in [0.717, 1.165) is 28.8 Å². The van der Waals surface area contributed by atoms with Crippen molar-refractivity contribution in [3.8, 4) is 0 Å². The Morgan fingerprint density at radius 2 is 1.68 bits per heavy atom. The fraction of sp³-hybridized carbons (Fsp3) is 0.222. The summed E-state index contributed by atoms with van der Waals surface area (Å²) in [5, 5.41) is 11.2. The third-order valence-electron chi connectivity index (χ3n) is 3.85. The predicted molar refractivity (Wildman–Crippen MR) is 93.4 cm³/mol. The van der Waals surface area contributed by atoms with Crippen LogP contribution in [0.15, 0.2) is 30.3 Å². The van der Waals surface area contributed by atoms with E-state index in [4.69, 9.17) is 16.3 Å². The lowest BCUT2D eigenvalue weighted by Gasteiger charge is -2.10. The molecule has 0 saturated carbocycles. The number of rotatable bonds is 5. The van der Waals surface area contributed by atoms with Crippen LogP contribution in [0, 0.1) is 30.9 Å². The summed E-state index contributed by atoms with van der Waals surface area (Å²) in [6, 6.07) is 7.19. The lowest BCUT2D eigenvalue weighted by molar-refractivity contribution is -0.385. The Hall–Kier alpha value is -2.73. The number of nitrogens with zero attached hydrogens (tertiary/aromatic N) is 1. The summed E-state index contributed by atoms with van der Waals surface area (Å²) in [6.07, 6.45) is 0. The Kier molecular flexibility index (Phi) is 5.54. The number of halogens is 1. The highest BCUT2D eigenvalue weighted by molar-refractivity contribution is 6.31. The number of esters is 1. The quantitative estimate of drug-likeness (QED) is 0.344. The van der Waals surface area contributed by atoms with Crippen molar-refractivity contribution in [1.29, 1.82) is 0 Å². The van der Waals surface area contributed by atoms with Gasteiger partial charge in [0.2, 0.25) is 5.78 Å². The zero-order valence-corrected chi connectivity index (χ0v) is 14.7. The molecule has 6 nitrogen and oxygen atoms in total. The molecule has 0 aliphatic rings. The van der Waals surface area contributed by atoms with Crippen LogP contribution in [0.5, 0.6) is 0 Å². The van der Waals surface area contributed by atoms with Gasteiger partial charge in [-0.1, -0.05) is 17.7 Å². The standard InChI is InChI=1S/C18H16ClNO5/c1-10-6-12(3)14(7-11(10)2)17(21)9-25-18(22)15-8-13(19)4-5-16(15)20(23)24/h4-8H,9H2,1-3H3. The van der Waals surface area contributed by atoms with Gasteiger partial charge in [-0.25, -0.2) is 4.79 Å². The molecule has 0 unspecified atom stereocenters. The van der Waals surface area contributed by atoms with Gasteiger partial charge in [0.05, 0.1) is 4.92 Å². The Labute approximate surface area is 149 Å². The molecule has 2 aromatic carbocycles. The largest absolute Gasteiger partial charge is 0.454 e. The van der Waals surface area contributed by atoms with E-state index in [2.05, 4.69) is 0 Å². The number of carbonyl (C=O) groups is 2. The lowest BCUT2D eigenvalue weighted by atomic mass is 9.98. The summed E-state index contributed by atoms with van der Waals surface area (Å²) >= 11 is 5.78. The van der Waals surface area contributed by atoms with E-state index >= 15 is 0 Å². The van der Waals surface area contributed by atoms with Gasteiger partial charge in [-0.15, -0.1) is 0 Å². The molecule has 7 heteroatoms. The minimum Gasteiger partial charge on any atom is -0.454 e. The van der Waals surface area contributed by atoms with E-state index in [1.165, 1.54) is 6.07 Å². The van der Waals surface area contributed by atoms with Crippen LogP contribution < -0.4 is 0 Å². The normalized spacial score (nSPS) is 10.4. The highest BCUT2D eigenvalue weighted by Gasteiger charge is 2.23. The van der Waals surface area contributed by atoms with E-state index in [1.54, 1.807) is 13.0 Å². The average molecular weight is 362 g/mol. The molecule has 0 radical (unpaired) electrons. The highest BCUT2D eigenvalue weighted by atomic mass is 35.5. The molecule has 0 N–H and O–H groups in total. The third-order valence-corrected chi connectivity index (χ3v) is 4.09. The maximum absolute atomic E-state index is 12.3. The smallest absolute Gasteiger partial charge is 0.345 e. The molecule has 0 amide bonds. The molecule has 0 heterocycles. The number of ketones is 1. The zero-order chi connectivity index (χ0) is 18.7. The summed E-state index contributed by atoms with van der Waals surface area (Å²) in [7, 11) is 0. The number of hydrogen-bond acceptors (Lipinski definition) is 5. The van der Waals surface area contributed by atoms with Crippen LogP contribution in [-0.4, -0.2) is 23.3 Å². The molecular weight excluding hydrogens is 346 g/mol. The summed E-state index contributed by atoms with van der Waals surface area (Å²) in [5.41, 5.74) is 2.52. The Bertz CT molecular complexity index is 876. The van der Waals surface area contributed by atoms with Crippen LogP contribution in [0.4, 0.5) is 5.69 Å². The van der Waals surface area contributed by atoms with Crippen molar-refractivity contribution in [3.05, 3.63) is 73.3 Å². The molecule has 2 rings (SSSR count). The summed E-state index contributed by atoms with van der Waals surface area (Å²) in [5.74, 6) is -1.34. The number of benzene rings is 2. The number of nitro benzene ring substituents is 1. The number of Topliss-reactive ketones (excluding diaryl/α,β-unsaturated/α-hetero) is 1. The molecule has 0 aliphatic carbocycles. The summed E-state index contributed by atoms with van der Waals surface area (Å²) in [6.45, 7) is 5.11. The third kappa shape index (κ3) is 4.22. The van der Waals surface area contributed by atoms with Crippen LogP contribution in [0.2, 0.25) is 5.02 Å². The van der Waals surface area contributed by atoms with Gasteiger partial charge in [-0.05, 0) is 55.7 Å². The Balaban J connectivity index is 2.18. The molecule has 2 aromatic rings. The second-order valence-electron chi connectivity index (χ2n) is 5.67. The van der Waals surface area contributed by atoms with E-state index in [1.807, 2.05) is 19.9 Å². The van der Waals surface area contributed by atoms with Crippen molar-refractivity contribution in [3.63, 3.8) is 0 Å². The number of aryl methyl sites for hydroxylation is 3. The lowest BCUT2D eigenvalue weighted by Crippen LogP contribution is -2.16. The van der Waals surface area contributed by atoms with Gasteiger partial charge in [0, 0.05) is 16.7 Å². The number of nitro groups is 1. The molecule has 0 atom stereocenters. The monoisotopic (exact) mass is 361 g/mol. The van der Waals surface area contributed by atoms with Crippen molar-refractivity contribution in [2.45, 2.75) is 20.8 Å². The Morgan fingerprint density at radius 3 is 2.32 bits per heavy atom. The minimum atomic E-state index is -0.968. The fourth-order valence-electron chi connectivity index (χ4n) is 2.38. The van der Waals surface area contributed by atoms with Crippen LogP contribution in [0.3, 0.4) is 0 Å². The first-order valence-electron chi connectivity index (χ1n) is 7.43. The van der Waals surface area contributed by atoms with Gasteiger partial charge < -0.3 is 4.74 Å². The molecule has 25 heavy (non-hydrogen) atoms. The summed E-state index contributed by atoms with van der Waals surface area (Å²) in [4.78, 5) is 34.7. The first-order valence-corrected chi connectivity index (χ1v) is 7.80. The first-order chi connectivity index (χ1) is 11.7. The van der Waals surface area contributed by atoms with E-state index < -0.39 is 23.2 Å². The molecule has 0 aromatic heterocycles. The topological polar surface area (TPSA) is 86.5 Å². The molecule has 0 saturated heterocycles. The second kappa shape index (κ2) is 7.44. The summed E-state index contributed by atoms with van der Waals surface area (Å²) < 4.78 is 4.96. The van der Waals surface area contributed by atoms with Gasteiger partial charge in [-0.2, -0.15) is 0 Å². The maximum atomic E-state index is 12.3. The van der Waals surface area contributed by atoms with Gasteiger partial charge in [0.1, 0.15) is 5.56 Å². The molecule has 0 fully saturated rings. The number of carbonyl (C=O) groups excluding carboxylic acids is 2. The predicted octanol–water partition coefficient (Wildman–Crippen LogP) is 4.21. The molecule has 0 bridgehead atoms. The van der Waals surface area contributed by atoms with Crippen molar-refractivity contribution < 1.29 is 19.2 Å². The van der Waals surface area contributed by atoms with Crippen LogP contribution in [0.1, 0.15) is 37.4 Å². The Morgan fingerprint density at radius 1 is 1.04 bits per heavy atom. The van der Waals surface area contributed by atoms with Gasteiger partial charge in [0.25, 0.3) is 5.69 Å². The van der Waals surface area contributed by atoms with Gasteiger partial charge >= 0.3 is 5.97 Å². The average Bonchev–Trinajstić information content (AvgIpc) is 2.55. The molecule has 0 spiro atoms. The molecule has 130 valence electrons. The first kappa shape index (κ1) is 18.6. The number of hydrogen-bond donors (Lipinski definition) is 0. The van der Waals surface area contributed by atoms with Gasteiger partial charge in [-0.3, -0.25) is 14.9 Å². The zero-order valence-electron chi connectivity index (χ0n) is 14.0. The number of ether oxygens (including phenoxy) is 1. The SMILES string of the molecule is Cc1cc(C)c(C(=O)COC(=O)c2cc(Cl)ccc2[N+](=O)[O-])cc1C. The van der Waals surface area contributed by atoms with Crippen LogP contribution in [-0.2, 0) is 4.74 Å². The molecule has 0 aliphatic heterocycles. The maximum Gasteiger partial charge on any atom is 0.345 e. The van der Waals surface area contributed by atoms with E-state index in [9.17, 15) is 19.7 Å². The van der Waals surface area contributed by atoms with E-state index in [-0.39, 0.29) is 16.4 Å². The molecular formula is C18H16ClNO5. The van der Waals surface area contributed by atoms with Crippen molar-refractivity contribution in [2.24, 2.45) is 0 Å². The fourth-order valence-corrected chi connectivity index (χ4v) is 2.55. The highest BCUT2D eigenvalue weighted by Crippen LogP contribution is 2.23. The van der Waals surface area contributed by atoms with Crippen LogP contribution >= 0.6 is 11.6 Å². The van der Waals surface area contributed by atoms with Crippen LogP contribution in [0.25, 0.3) is 0 Å². The second-order valence-corrected chi connectivity index (χ2v) is 6.11.